The van der Waals surface area contributed by atoms with Crippen LogP contribution in [0.3, 0.4) is 0 Å². The number of hydrogen-bond donors (Lipinski definition) is 2. The molecule has 17 heavy (non-hydrogen) atoms. The van der Waals surface area contributed by atoms with Crippen molar-refractivity contribution < 1.29 is 0 Å². The minimum atomic E-state index is 0.300. The number of hydrazine groups is 1. The van der Waals surface area contributed by atoms with Crippen molar-refractivity contribution in [2.24, 2.45) is 5.84 Å². The van der Waals surface area contributed by atoms with E-state index in [9.17, 15) is 0 Å². The molecular weight excluding hydrogens is 248 g/mol. The summed E-state index contributed by atoms with van der Waals surface area (Å²) in [4.78, 5) is 4.15. The molecule has 2 nitrogen and oxygen atoms in total. The number of rotatable bonds is 6. The van der Waals surface area contributed by atoms with E-state index in [1.165, 1.54) is 21.1 Å². The Balaban J connectivity index is 1.84. The van der Waals surface area contributed by atoms with Crippen LogP contribution in [0.25, 0.3) is 0 Å². The Morgan fingerprint density at radius 3 is 2.82 bits per heavy atom. The average molecular weight is 266 g/mol. The molecule has 2 rings (SSSR count). The lowest BCUT2D eigenvalue weighted by Crippen LogP contribution is -2.27. The van der Waals surface area contributed by atoms with Gasteiger partial charge in [-0.15, -0.1) is 22.7 Å². The second-order valence-corrected chi connectivity index (χ2v) is 6.49. The van der Waals surface area contributed by atoms with Crippen LogP contribution in [0, 0.1) is 6.92 Å². The highest BCUT2D eigenvalue weighted by atomic mass is 32.1. The molecule has 0 fully saturated rings. The van der Waals surface area contributed by atoms with Crippen LogP contribution in [0.2, 0.25) is 0 Å². The predicted molar refractivity (Wildman–Crippen MR) is 76.4 cm³/mol. The molecule has 2 heterocycles. The highest BCUT2D eigenvalue weighted by Crippen LogP contribution is 2.26. The Bertz CT molecular complexity index is 434. The first kappa shape index (κ1) is 12.8. The van der Waals surface area contributed by atoms with Crippen LogP contribution in [0.5, 0.6) is 0 Å². The molecule has 4 heteroatoms. The van der Waals surface area contributed by atoms with E-state index in [1.54, 1.807) is 0 Å². The topological polar surface area (TPSA) is 38.0 Å². The van der Waals surface area contributed by atoms with Gasteiger partial charge in [-0.3, -0.25) is 11.3 Å². The molecule has 0 radical (unpaired) electrons. The number of nitrogens with two attached hydrogens (primary N) is 1. The SMILES string of the molecule is Cc1ccc(C(CCCc2cccs2)NN)s1. The molecule has 0 bridgehead atoms. The lowest BCUT2D eigenvalue weighted by molar-refractivity contribution is 0.506. The van der Waals surface area contributed by atoms with Crippen LogP contribution < -0.4 is 11.3 Å². The Hall–Kier alpha value is -0.680. The summed E-state index contributed by atoms with van der Waals surface area (Å²) in [5.74, 6) is 5.63. The normalized spacial score (nSPS) is 12.8. The third kappa shape index (κ3) is 3.64. The molecule has 3 N–H and O–H groups in total. The van der Waals surface area contributed by atoms with E-state index in [1.807, 2.05) is 22.7 Å². The molecule has 92 valence electrons. The van der Waals surface area contributed by atoms with Gasteiger partial charge in [-0.25, -0.2) is 0 Å². The molecule has 0 spiro atoms. The molecule has 2 aromatic heterocycles. The first-order valence-corrected chi connectivity index (χ1v) is 7.54. The maximum Gasteiger partial charge on any atom is 0.0553 e. The van der Waals surface area contributed by atoms with Crippen molar-refractivity contribution in [1.82, 2.24) is 5.43 Å². The molecule has 0 aliphatic rings. The molecule has 0 aromatic carbocycles. The zero-order chi connectivity index (χ0) is 12.1. The standard InChI is InChI=1S/C13H18N2S2/c1-10-7-8-13(17-10)12(15-14)6-2-4-11-5-3-9-16-11/h3,5,7-9,12,15H,2,4,6,14H2,1H3. The van der Waals surface area contributed by atoms with E-state index in [0.717, 1.165) is 12.8 Å². The predicted octanol–water partition coefficient (Wildman–Crippen LogP) is 3.65. The van der Waals surface area contributed by atoms with Gasteiger partial charge in [0.1, 0.15) is 0 Å². The highest BCUT2D eigenvalue weighted by molar-refractivity contribution is 7.12. The van der Waals surface area contributed by atoms with Gasteiger partial charge in [-0.2, -0.15) is 0 Å². The minimum Gasteiger partial charge on any atom is -0.271 e. The van der Waals surface area contributed by atoms with E-state index in [4.69, 9.17) is 5.84 Å². The van der Waals surface area contributed by atoms with Crippen LogP contribution in [-0.4, -0.2) is 0 Å². The van der Waals surface area contributed by atoms with Crippen molar-refractivity contribution >= 4 is 22.7 Å². The summed E-state index contributed by atoms with van der Waals surface area (Å²) in [5.41, 5.74) is 2.93. The second kappa shape index (κ2) is 6.31. The van der Waals surface area contributed by atoms with E-state index < -0.39 is 0 Å². The van der Waals surface area contributed by atoms with E-state index >= 15 is 0 Å². The Kier molecular flexibility index (Phi) is 4.74. The fourth-order valence-electron chi connectivity index (χ4n) is 1.88. The zero-order valence-electron chi connectivity index (χ0n) is 9.98. The van der Waals surface area contributed by atoms with Crippen molar-refractivity contribution in [3.8, 4) is 0 Å². The van der Waals surface area contributed by atoms with E-state index in [2.05, 4.69) is 42.0 Å². The van der Waals surface area contributed by atoms with Gasteiger partial charge in [-0.05, 0) is 49.8 Å². The summed E-state index contributed by atoms with van der Waals surface area (Å²) in [7, 11) is 0. The first-order valence-electron chi connectivity index (χ1n) is 5.84. The van der Waals surface area contributed by atoms with Crippen LogP contribution in [0.4, 0.5) is 0 Å². The monoisotopic (exact) mass is 266 g/mol. The summed E-state index contributed by atoms with van der Waals surface area (Å²) in [6, 6.07) is 8.94. The Morgan fingerprint density at radius 1 is 1.35 bits per heavy atom. The van der Waals surface area contributed by atoms with E-state index in [-0.39, 0.29) is 0 Å². The third-order valence-corrected chi connectivity index (χ3v) is 4.85. The van der Waals surface area contributed by atoms with Crippen LogP contribution in [0.15, 0.2) is 29.6 Å². The Morgan fingerprint density at radius 2 is 2.24 bits per heavy atom. The lowest BCUT2D eigenvalue weighted by Gasteiger charge is -2.13. The van der Waals surface area contributed by atoms with Gasteiger partial charge in [0.2, 0.25) is 0 Å². The van der Waals surface area contributed by atoms with Crippen molar-refractivity contribution in [3.05, 3.63) is 44.3 Å². The van der Waals surface area contributed by atoms with Gasteiger partial charge < -0.3 is 0 Å². The quantitative estimate of drug-likeness (QED) is 0.619. The number of thiophene rings is 2. The third-order valence-electron chi connectivity index (χ3n) is 2.80. The maximum atomic E-state index is 5.63. The van der Waals surface area contributed by atoms with Gasteiger partial charge >= 0.3 is 0 Å². The minimum absolute atomic E-state index is 0.300. The lowest BCUT2D eigenvalue weighted by atomic mass is 10.1. The largest absolute Gasteiger partial charge is 0.271 e. The fraction of sp³-hybridized carbons (Fsp3) is 0.385. The Labute approximate surface area is 110 Å². The molecule has 0 saturated carbocycles. The highest BCUT2D eigenvalue weighted by Gasteiger charge is 2.11. The smallest absolute Gasteiger partial charge is 0.0553 e. The summed E-state index contributed by atoms with van der Waals surface area (Å²) in [6.07, 6.45) is 3.42. The molecule has 0 saturated heterocycles. The first-order chi connectivity index (χ1) is 8.29. The van der Waals surface area contributed by atoms with Crippen LogP contribution >= 0.6 is 22.7 Å². The molecule has 0 aliphatic heterocycles. The van der Waals surface area contributed by atoms with Gasteiger partial charge in [0.15, 0.2) is 0 Å². The number of nitrogens with one attached hydrogen (secondary N) is 1. The maximum absolute atomic E-state index is 5.63. The van der Waals surface area contributed by atoms with Crippen LogP contribution in [-0.2, 0) is 6.42 Å². The summed E-state index contributed by atoms with van der Waals surface area (Å²) >= 11 is 3.66. The van der Waals surface area contributed by atoms with Gasteiger partial charge in [0, 0.05) is 14.6 Å². The summed E-state index contributed by atoms with van der Waals surface area (Å²) in [5, 5.41) is 2.14. The molecule has 1 atom stereocenters. The zero-order valence-corrected chi connectivity index (χ0v) is 11.6. The summed E-state index contributed by atoms with van der Waals surface area (Å²) in [6.45, 7) is 2.13. The number of hydrogen-bond acceptors (Lipinski definition) is 4. The van der Waals surface area contributed by atoms with Gasteiger partial charge in [-0.1, -0.05) is 6.07 Å². The van der Waals surface area contributed by atoms with Crippen LogP contribution in [0.1, 0.15) is 33.5 Å². The molecule has 0 amide bonds. The van der Waals surface area contributed by atoms with E-state index in [0.29, 0.717) is 6.04 Å². The van der Waals surface area contributed by atoms with Gasteiger partial charge in [0.25, 0.3) is 0 Å². The molecular formula is C13H18N2S2. The van der Waals surface area contributed by atoms with Gasteiger partial charge in [0.05, 0.1) is 6.04 Å². The fourth-order valence-corrected chi connectivity index (χ4v) is 3.61. The van der Waals surface area contributed by atoms with Crippen molar-refractivity contribution in [1.29, 1.82) is 0 Å². The van der Waals surface area contributed by atoms with Crippen molar-refractivity contribution in [2.75, 3.05) is 0 Å². The van der Waals surface area contributed by atoms with Crippen molar-refractivity contribution in [2.45, 2.75) is 32.2 Å². The molecule has 2 aromatic rings. The summed E-state index contributed by atoms with van der Waals surface area (Å²) < 4.78 is 0. The number of aryl methyl sites for hydroxylation is 2. The second-order valence-electron chi connectivity index (χ2n) is 4.14. The molecule has 1 unspecified atom stereocenters. The average Bonchev–Trinajstić information content (AvgIpc) is 2.96. The van der Waals surface area contributed by atoms with Crippen molar-refractivity contribution in [3.63, 3.8) is 0 Å². The molecule has 0 aliphatic carbocycles.